The van der Waals surface area contributed by atoms with Gasteiger partial charge in [0.25, 0.3) is 21.6 Å². The lowest BCUT2D eigenvalue weighted by atomic mass is 9.72. The third-order valence-corrected chi connectivity index (χ3v) is 15.5. The fourth-order valence-electron chi connectivity index (χ4n) is 9.74. The lowest BCUT2D eigenvalue weighted by Gasteiger charge is -2.39. The van der Waals surface area contributed by atoms with E-state index in [1.807, 2.05) is 35.2 Å². The minimum absolute atomic E-state index is 0.0426. The summed E-state index contributed by atoms with van der Waals surface area (Å²) in [4.78, 5) is 39.8. The van der Waals surface area contributed by atoms with Gasteiger partial charge in [0.05, 0.1) is 59.0 Å². The number of aromatic nitrogens is 2. The number of carbonyl (C=O) groups excluding carboxylic acids is 1. The number of pyridine rings is 1. The summed E-state index contributed by atoms with van der Waals surface area (Å²) in [6.07, 6.45) is 0.311. The number of anilines is 4. The summed E-state index contributed by atoms with van der Waals surface area (Å²) in [6, 6.07) is 19.4. The van der Waals surface area contributed by atoms with Crippen molar-refractivity contribution < 1.29 is 45.5 Å². The van der Waals surface area contributed by atoms with Gasteiger partial charge >= 0.3 is 6.18 Å². The van der Waals surface area contributed by atoms with Gasteiger partial charge < -0.3 is 34.3 Å². The van der Waals surface area contributed by atoms with Gasteiger partial charge in [-0.05, 0) is 104 Å². The van der Waals surface area contributed by atoms with Gasteiger partial charge in [-0.15, -0.1) is 0 Å². The van der Waals surface area contributed by atoms with Crippen LogP contribution in [0.4, 0.5) is 41.6 Å². The monoisotopic (exact) mass is 1000 g/mol. The van der Waals surface area contributed by atoms with Crippen LogP contribution < -0.4 is 24.6 Å². The van der Waals surface area contributed by atoms with Crippen LogP contribution in [0.5, 0.6) is 5.88 Å². The second-order valence-corrected chi connectivity index (χ2v) is 21.7. The van der Waals surface area contributed by atoms with Crippen molar-refractivity contribution in [3.8, 4) is 5.88 Å². The van der Waals surface area contributed by atoms with Crippen LogP contribution in [-0.2, 0) is 24.9 Å². The number of H-pyrrole nitrogens is 1. The minimum atomic E-state index is -4.64. The molecule has 1 unspecified atom stereocenters. The van der Waals surface area contributed by atoms with Gasteiger partial charge in [0.1, 0.15) is 17.0 Å². The van der Waals surface area contributed by atoms with Crippen LogP contribution in [0.1, 0.15) is 74.9 Å². The Morgan fingerprint density at radius 1 is 0.958 bits per heavy atom. The van der Waals surface area contributed by atoms with Crippen molar-refractivity contribution in [1.82, 2.24) is 19.6 Å². The number of hydrogen-bond donors (Lipinski definition) is 3. The number of benzene rings is 3. The smallest absolute Gasteiger partial charge is 0.397 e. The average Bonchev–Trinajstić information content (AvgIpc) is 3.71. The number of fused-ring (bicyclic) bond motifs is 2. The molecule has 1 atom stereocenters. The number of alkyl halides is 3. The van der Waals surface area contributed by atoms with E-state index in [1.165, 1.54) is 37.1 Å². The Morgan fingerprint density at radius 2 is 1.73 bits per heavy atom. The van der Waals surface area contributed by atoms with Crippen LogP contribution in [0, 0.1) is 15.5 Å². The molecule has 9 rings (SSSR count). The molecule has 5 aromatic rings. The predicted molar refractivity (Wildman–Crippen MR) is 265 cm³/mol. The molecule has 3 aromatic carbocycles. The number of amides is 1. The maximum absolute atomic E-state index is 14.4. The van der Waals surface area contributed by atoms with Crippen molar-refractivity contribution in [3.63, 3.8) is 0 Å². The number of nitro benzene ring substituents is 1. The lowest BCUT2D eigenvalue weighted by molar-refractivity contribution is -0.384. The zero-order chi connectivity index (χ0) is 50.3. The highest BCUT2D eigenvalue weighted by molar-refractivity contribution is 7.90. The number of sulfonamides is 1. The Kier molecular flexibility index (Phi) is 13.8. The number of carbonyl (C=O) groups is 1. The van der Waals surface area contributed by atoms with E-state index in [4.69, 9.17) is 19.2 Å². The number of hydrogen-bond acceptors (Lipinski definition) is 13. The van der Waals surface area contributed by atoms with Crippen molar-refractivity contribution in [1.29, 1.82) is 0 Å². The Balaban J connectivity index is 0.974. The van der Waals surface area contributed by atoms with E-state index in [1.54, 1.807) is 30.5 Å². The van der Waals surface area contributed by atoms with Crippen molar-refractivity contribution in [2.45, 2.75) is 76.0 Å². The van der Waals surface area contributed by atoms with Gasteiger partial charge in [0.2, 0.25) is 5.88 Å². The van der Waals surface area contributed by atoms with Gasteiger partial charge in [0.15, 0.2) is 0 Å². The van der Waals surface area contributed by atoms with Crippen LogP contribution in [0.2, 0.25) is 0 Å². The molecule has 378 valence electrons. The molecule has 0 radical (unpaired) electrons. The summed E-state index contributed by atoms with van der Waals surface area (Å²) in [5.74, 6) is -0.587. The summed E-state index contributed by atoms with van der Waals surface area (Å²) >= 11 is 0. The largest absolute Gasteiger partial charge is 0.476 e. The average molecular weight is 1000 g/mol. The third kappa shape index (κ3) is 10.7. The molecule has 71 heavy (non-hydrogen) atoms. The third-order valence-electron chi connectivity index (χ3n) is 14.2. The van der Waals surface area contributed by atoms with E-state index >= 15 is 0 Å². The maximum atomic E-state index is 14.4. The van der Waals surface area contributed by atoms with Crippen LogP contribution >= 0.6 is 0 Å². The second-order valence-electron chi connectivity index (χ2n) is 20.0. The van der Waals surface area contributed by atoms with Crippen molar-refractivity contribution >= 4 is 61.0 Å². The molecule has 4 aliphatic rings. The van der Waals surface area contributed by atoms with E-state index in [9.17, 15) is 36.5 Å². The van der Waals surface area contributed by atoms with E-state index in [0.29, 0.717) is 88.5 Å². The Morgan fingerprint density at radius 3 is 2.45 bits per heavy atom. The number of nitrogens with one attached hydrogen (secondary N) is 3. The molecular formula is C51H59F3N8O8S. The quantitative estimate of drug-likeness (QED) is 0.0751. The maximum Gasteiger partial charge on any atom is 0.397 e. The number of ether oxygens (including phenoxy) is 3. The molecule has 5 heterocycles. The molecule has 0 spiro atoms. The normalized spacial score (nSPS) is 19.2. The predicted octanol–water partition coefficient (Wildman–Crippen LogP) is 8.96. The number of halogens is 3. The highest BCUT2D eigenvalue weighted by atomic mass is 32.2. The van der Waals surface area contributed by atoms with Gasteiger partial charge in [-0.2, -0.15) is 18.2 Å². The van der Waals surface area contributed by atoms with Crippen molar-refractivity contribution in [3.05, 3.63) is 111 Å². The molecule has 1 aliphatic carbocycles. The SMILES string of the molecule is CC1(C)CCC(CN2CCN(c3ccc(C(=O)NS(=O)(=O)c4ccc(NCC5COCCO5)c([N+](=O)[O-])c4)c(N4CCCOc5nc6[nH]ccc6cc54)c3)CC2)=C(c2ccc(C(C)(C)C(F)(F)F)cc2)C1. The Hall–Kier alpha value is -6.22. The Labute approximate surface area is 410 Å². The molecule has 20 heteroatoms. The molecule has 3 aliphatic heterocycles. The van der Waals surface area contributed by atoms with Gasteiger partial charge in [-0.1, -0.05) is 43.7 Å². The molecule has 2 aromatic heterocycles. The summed E-state index contributed by atoms with van der Waals surface area (Å²) in [5, 5.41) is 16.0. The first-order chi connectivity index (χ1) is 33.8. The molecular weight excluding hydrogens is 942 g/mol. The van der Waals surface area contributed by atoms with Crippen LogP contribution in [-0.4, -0.2) is 119 Å². The van der Waals surface area contributed by atoms with Gasteiger partial charge in [0, 0.05) is 69.2 Å². The first kappa shape index (κ1) is 49.7. The fourth-order valence-corrected chi connectivity index (χ4v) is 10.7. The molecule has 1 amide bonds. The molecule has 16 nitrogen and oxygen atoms in total. The number of aromatic amines is 1. The summed E-state index contributed by atoms with van der Waals surface area (Å²) < 4.78 is 89.0. The first-order valence-electron chi connectivity index (χ1n) is 23.9. The topological polar surface area (TPSA) is 185 Å². The van der Waals surface area contributed by atoms with Crippen LogP contribution in [0.25, 0.3) is 16.6 Å². The zero-order valence-electron chi connectivity index (χ0n) is 40.2. The van der Waals surface area contributed by atoms with Crippen LogP contribution in [0.3, 0.4) is 0 Å². The number of piperazine rings is 1. The van der Waals surface area contributed by atoms with Gasteiger partial charge in [-0.25, -0.2) is 13.1 Å². The molecule has 2 saturated heterocycles. The summed E-state index contributed by atoms with van der Waals surface area (Å²) in [7, 11) is -4.64. The minimum Gasteiger partial charge on any atom is -0.476 e. The van der Waals surface area contributed by atoms with E-state index in [0.717, 1.165) is 48.5 Å². The first-order valence-corrected chi connectivity index (χ1v) is 25.4. The number of nitro groups is 1. The molecule has 3 N–H and O–H groups in total. The second kappa shape index (κ2) is 19.8. The van der Waals surface area contributed by atoms with Crippen molar-refractivity contribution in [2.75, 3.05) is 87.4 Å². The highest BCUT2D eigenvalue weighted by Gasteiger charge is 2.48. The van der Waals surface area contributed by atoms with Gasteiger partial charge in [-0.3, -0.25) is 19.8 Å². The van der Waals surface area contributed by atoms with E-state index in [2.05, 4.69) is 38.7 Å². The highest BCUT2D eigenvalue weighted by Crippen LogP contribution is 2.46. The summed E-state index contributed by atoms with van der Waals surface area (Å²) in [6.45, 7) is 12.4. The summed E-state index contributed by atoms with van der Waals surface area (Å²) in [5.41, 5.74) is 3.83. The molecule has 0 saturated carbocycles. The van der Waals surface area contributed by atoms with Crippen LogP contribution in [0.15, 0.2) is 89.5 Å². The van der Waals surface area contributed by atoms with Crippen molar-refractivity contribution in [2.24, 2.45) is 5.41 Å². The molecule has 2 fully saturated rings. The fraction of sp³-hybridized carbons (Fsp3) is 0.451. The van der Waals surface area contributed by atoms with E-state index in [-0.39, 0.29) is 34.9 Å². The number of allylic oxidation sites excluding steroid dienone is 1. The lowest BCUT2D eigenvalue weighted by Crippen LogP contribution is -2.47. The number of nitrogens with zero attached hydrogens (tertiary/aromatic N) is 5. The zero-order valence-corrected chi connectivity index (χ0v) is 41.1. The Bertz CT molecular complexity index is 2950. The van der Waals surface area contributed by atoms with E-state index < -0.39 is 43.0 Å². The number of rotatable bonds is 13. The molecule has 0 bridgehead atoms. The standard InChI is InChI=1S/C51H59F3N8O8S/c1-49(2)16-14-35(41(29-49)33-6-8-36(9-7-33)50(3,4)51(52,53)54)31-59-19-21-60(22-20-59)37-10-12-40(43(27-37)61-18-5-23-70-48-45(61)26-34-15-17-55-46(34)57-48)47(63)58-71(66,67)39-11-13-42(44(28-39)62(64)65)56-30-38-32-68-24-25-69-38/h6-13,15,17,26-28,38,56H,5,14,16,18-25,29-32H2,1-4H3,(H,55,57)(H,58,63).